The molecule has 0 fully saturated rings. The monoisotopic (exact) mass is 371 g/mol. The van der Waals surface area contributed by atoms with E-state index < -0.39 is 13.6 Å². The van der Waals surface area contributed by atoms with E-state index in [0.29, 0.717) is 11.4 Å². The number of benzene rings is 1. The first-order valence-electron chi connectivity index (χ1n) is 7.96. The summed E-state index contributed by atoms with van der Waals surface area (Å²) in [5, 5.41) is 11.1. The van der Waals surface area contributed by atoms with Crippen molar-refractivity contribution in [1.29, 1.82) is 0 Å². The SMILES string of the molecule is C[C@H](O[P@](C)(=O)Oc1ccc(NC(=O)CCC(=O)O)cc1)C(C)(C)C. The molecule has 0 heterocycles. The normalized spacial score (nSPS) is 15.1. The van der Waals surface area contributed by atoms with Gasteiger partial charge in [-0.2, -0.15) is 0 Å². The van der Waals surface area contributed by atoms with Crippen molar-refractivity contribution in [2.24, 2.45) is 5.41 Å². The van der Waals surface area contributed by atoms with Gasteiger partial charge in [0.2, 0.25) is 5.91 Å². The summed E-state index contributed by atoms with van der Waals surface area (Å²) >= 11 is 0. The Kier molecular flexibility index (Phi) is 7.20. The van der Waals surface area contributed by atoms with E-state index in [-0.39, 0.29) is 30.3 Å². The summed E-state index contributed by atoms with van der Waals surface area (Å²) in [4.78, 5) is 22.0. The first-order chi connectivity index (χ1) is 11.4. The molecule has 25 heavy (non-hydrogen) atoms. The van der Waals surface area contributed by atoms with Crippen LogP contribution in [0, 0.1) is 5.41 Å². The van der Waals surface area contributed by atoms with E-state index in [0.717, 1.165) is 0 Å². The molecule has 8 heteroatoms. The zero-order valence-electron chi connectivity index (χ0n) is 15.2. The lowest BCUT2D eigenvalue weighted by molar-refractivity contribution is -0.138. The van der Waals surface area contributed by atoms with Crippen LogP contribution in [0.1, 0.15) is 40.5 Å². The summed E-state index contributed by atoms with van der Waals surface area (Å²) < 4.78 is 23.5. The fourth-order valence-corrected chi connectivity index (χ4v) is 3.14. The molecule has 1 rings (SSSR count). The van der Waals surface area contributed by atoms with Gasteiger partial charge in [-0.15, -0.1) is 0 Å². The van der Waals surface area contributed by atoms with Crippen LogP contribution >= 0.6 is 7.60 Å². The molecular formula is C17H26NO6P. The second-order valence-corrected chi connectivity index (χ2v) is 8.88. The molecule has 0 bridgehead atoms. The number of carboxylic acid groups (broad SMARTS) is 1. The number of carboxylic acids is 1. The Balaban J connectivity index is 2.63. The number of nitrogens with one attached hydrogen (secondary N) is 1. The van der Waals surface area contributed by atoms with Crippen LogP contribution in [-0.2, 0) is 18.7 Å². The summed E-state index contributed by atoms with van der Waals surface area (Å²) in [6.45, 7) is 9.21. The number of amides is 1. The molecule has 0 saturated carbocycles. The van der Waals surface area contributed by atoms with Gasteiger partial charge < -0.3 is 14.9 Å². The Morgan fingerprint density at radius 2 is 1.76 bits per heavy atom. The van der Waals surface area contributed by atoms with Crippen LogP contribution in [0.3, 0.4) is 0 Å². The van der Waals surface area contributed by atoms with E-state index in [1.165, 1.54) is 6.66 Å². The smallest absolute Gasteiger partial charge is 0.376 e. The molecule has 0 unspecified atom stereocenters. The first kappa shape index (κ1) is 21.2. The average molecular weight is 371 g/mol. The third kappa shape index (κ3) is 8.18. The summed E-state index contributed by atoms with van der Waals surface area (Å²) in [5.41, 5.74) is 0.330. The third-order valence-corrected chi connectivity index (χ3v) is 4.79. The number of anilines is 1. The highest BCUT2D eigenvalue weighted by atomic mass is 31.2. The van der Waals surface area contributed by atoms with Crippen LogP contribution in [0.25, 0.3) is 0 Å². The van der Waals surface area contributed by atoms with Crippen molar-refractivity contribution in [2.75, 3.05) is 12.0 Å². The van der Waals surface area contributed by atoms with E-state index in [1.807, 2.05) is 27.7 Å². The number of hydrogen-bond donors (Lipinski definition) is 2. The number of rotatable bonds is 8. The third-order valence-electron chi connectivity index (χ3n) is 3.54. The molecule has 2 N–H and O–H groups in total. The van der Waals surface area contributed by atoms with Crippen LogP contribution in [0.4, 0.5) is 5.69 Å². The maximum absolute atomic E-state index is 12.5. The molecule has 0 saturated heterocycles. The number of carbonyl (C=O) groups is 2. The van der Waals surface area contributed by atoms with Gasteiger partial charge in [0.25, 0.3) is 0 Å². The molecule has 0 aliphatic carbocycles. The van der Waals surface area contributed by atoms with Gasteiger partial charge in [0.05, 0.1) is 12.5 Å². The molecule has 1 amide bonds. The second-order valence-electron chi connectivity index (χ2n) is 6.94. The molecular weight excluding hydrogens is 345 g/mol. The van der Waals surface area contributed by atoms with E-state index in [2.05, 4.69) is 5.32 Å². The molecule has 0 spiro atoms. The Bertz CT molecular complexity index is 650. The zero-order chi connectivity index (χ0) is 19.3. The van der Waals surface area contributed by atoms with Gasteiger partial charge in [-0.05, 0) is 36.6 Å². The average Bonchev–Trinajstić information content (AvgIpc) is 2.45. The molecule has 0 aliphatic rings. The first-order valence-corrected chi connectivity index (χ1v) is 9.95. The van der Waals surface area contributed by atoms with E-state index >= 15 is 0 Å². The van der Waals surface area contributed by atoms with Crippen molar-refractivity contribution in [1.82, 2.24) is 0 Å². The summed E-state index contributed by atoms with van der Waals surface area (Å²) in [5.74, 6) is -1.06. The van der Waals surface area contributed by atoms with Crippen LogP contribution in [0.15, 0.2) is 24.3 Å². The Labute approximate surface area is 148 Å². The minimum Gasteiger partial charge on any atom is -0.481 e. The maximum Gasteiger partial charge on any atom is 0.376 e. The molecule has 0 aliphatic heterocycles. The van der Waals surface area contributed by atoms with Crippen molar-refractivity contribution in [3.8, 4) is 5.75 Å². The lowest BCUT2D eigenvalue weighted by atomic mass is 9.91. The highest BCUT2D eigenvalue weighted by molar-refractivity contribution is 7.53. The van der Waals surface area contributed by atoms with Crippen LogP contribution in [-0.4, -0.2) is 29.8 Å². The predicted octanol–water partition coefficient (Wildman–Crippen LogP) is 4.14. The Hall–Kier alpha value is -1.85. The fraction of sp³-hybridized carbons (Fsp3) is 0.529. The van der Waals surface area contributed by atoms with Crippen molar-refractivity contribution < 1.29 is 28.3 Å². The van der Waals surface area contributed by atoms with Gasteiger partial charge in [-0.25, -0.2) is 4.57 Å². The second kappa shape index (κ2) is 8.50. The minimum absolute atomic E-state index is 0.101. The quantitative estimate of drug-likeness (QED) is 0.666. The highest BCUT2D eigenvalue weighted by Gasteiger charge is 2.29. The standard InChI is InChI=1S/C17H26NO6P/c1-12(17(2,3)4)23-25(5,22)24-14-8-6-13(7-9-14)18-15(19)10-11-16(20)21/h6-9,12H,10-11H2,1-5H3,(H,18,19)(H,20,21)/t12-,25-/m0/s1. The lowest BCUT2D eigenvalue weighted by Crippen LogP contribution is -2.25. The minimum atomic E-state index is -3.28. The van der Waals surface area contributed by atoms with E-state index in [1.54, 1.807) is 24.3 Å². The topological polar surface area (TPSA) is 102 Å². The largest absolute Gasteiger partial charge is 0.481 e. The highest BCUT2D eigenvalue weighted by Crippen LogP contribution is 2.47. The zero-order valence-corrected chi connectivity index (χ0v) is 16.1. The van der Waals surface area contributed by atoms with Crippen LogP contribution < -0.4 is 9.84 Å². The molecule has 140 valence electrons. The molecule has 7 nitrogen and oxygen atoms in total. The van der Waals surface area contributed by atoms with Gasteiger partial charge >= 0.3 is 13.6 Å². The van der Waals surface area contributed by atoms with Gasteiger partial charge in [0.1, 0.15) is 5.75 Å². The van der Waals surface area contributed by atoms with Gasteiger partial charge in [-0.3, -0.25) is 14.1 Å². The summed E-state index contributed by atoms with van der Waals surface area (Å²) in [6, 6.07) is 6.30. The molecule has 0 aromatic heterocycles. The van der Waals surface area contributed by atoms with Gasteiger partial charge in [-0.1, -0.05) is 20.8 Å². The number of carbonyl (C=O) groups excluding carboxylic acids is 1. The fourth-order valence-electron chi connectivity index (χ4n) is 1.70. The van der Waals surface area contributed by atoms with Crippen LogP contribution in [0.2, 0.25) is 0 Å². The number of hydrogen-bond acceptors (Lipinski definition) is 5. The van der Waals surface area contributed by atoms with Crippen molar-refractivity contribution in [3.63, 3.8) is 0 Å². The van der Waals surface area contributed by atoms with Gasteiger partial charge in [0.15, 0.2) is 0 Å². The Morgan fingerprint density at radius 3 is 2.24 bits per heavy atom. The summed E-state index contributed by atoms with van der Waals surface area (Å²) in [7, 11) is -3.28. The summed E-state index contributed by atoms with van der Waals surface area (Å²) in [6.07, 6.45) is -0.581. The van der Waals surface area contributed by atoms with Gasteiger partial charge in [0, 0.05) is 18.8 Å². The predicted molar refractivity (Wildman–Crippen MR) is 96.1 cm³/mol. The molecule has 2 atom stereocenters. The number of aliphatic carboxylic acids is 1. The van der Waals surface area contributed by atoms with Crippen LogP contribution in [0.5, 0.6) is 5.75 Å². The molecule has 1 aromatic rings. The Morgan fingerprint density at radius 1 is 1.20 bits per heavy atom. The van der Waals surface area contributed by atoms with Crippen molar-refractivity contribution in [2.45, 2.75) is 46.6 Å². The van der Waals surface area contributed by atoms with E-state index in [4.69, 9.17) is 14.2 Å². The lowest BCUT2D eigenvalue weighted by Gasteiger charge is -2.29. The van der Waals surface area contributed by atoms with Crippen molar-refractivity contribution in [3.05, 3.63) is 24.3 Å². The molecule has 0 radical (unpaired) electrons. The maximum atomic E-state index is 12.5. The van der Waals surface area contributed by atoms with E-state index in [9.17, 15) is 14.2 Å². The molecule has 1 aromatic carbocycles. The van der Waals surface area contributed by atoms with Crippen molar-refractivity contribution >= 4 is 25.2 Å².